The Morgan fingerprint density at radius 2 is 2.10 bits per heavy atom. The normalized spacial score (nSPS) is 16.4. The van der Waals surface area contributed by atoms with E-state index in [0.717, 1.165) is 23.7 Å². The molecular weight excluding hydrogens is 248 g/mol. The van der Waals surface area contributed by atoms with Crippen LogP contribution in [0.4, 0.5) is 5.82 Å². The molecule has 0 radical (unpaired) electrons. The van der Waals surface area contributed by atoms with Gasteiger partial charge < -0.3 is 10.3 Å². The van der Waals surface area contributed by atoms with Crippen LogP contribution in [0.3, 0.4) is 0 Å². The van der Waals surface area contributed by atoms with Crippen LogP contribution >= 0.6 is 0 Å². The average molecular weight is 270 g/mol. The lowest BCUT2D eigenvalue weighted by atomic mass is 9.87. The smallest absolute Gasteiger partial charge is 0.132 e. The SMILES string of the molecule is Nc1ncccc1-c1cncn1CCC1CCCCC1. The van der Waals surface area contributed by atoms with Crippen molar-refractivity contribution in [1.29, 1.82) is 0 Å². The Labute approximate surface area is 120 Å². The van der Waals surface area contributed by atoms with Crippen molar-refractivity contribution < 1.29 is 0 Å². The first-order chi connectivity index (χ1) is 9.84. The molecule has 1 saturated carbocycles. The largest absolute Gasteiger partial charge is 0.383 e. The van der Waals surface area contributed by atoms with E-state index in [1.807, 2.05) is 24.7 Å². The minimum atomic E-state index is 0.576. The molecule has 2 aromatic rings. The predicted octanol–water partition coefficient (Wildman–Crippen LogP) is 3.50. The summed E-state index contributed by atoms with van der Waals surface area (Å²) < 4.78 is 2.21. The second-order valence-electron chi connectivity index (χ2n) is 5.70. The molecule has 0 aliphatic heterocycles. The van der Waals surface area contributed by atoms with Crippen molar-refractivity contribution >= 4 is 5.82 Å². The summed E-state index contributed by atoms with van der Waals surface area (Å²) in [7, 11) is 0. The number of nitrogen functional groups attached to an aromatic ring is 1. The molecule has 4 nitrogen and oxygen atoms in total. The summed E-state index contributed by atoms with van der Waals surface area (Å²) in [4.78, 5) is 8.45. The molecule has 20 heavy (non-hydrogen) atoms. The molecule has 0 spiro atoms. The summed E-state index contributed by atoms with van der Waals surface area (Å²) in [6.07, 6.45) is 13.7. The molecular formula is C16H22N4. The van der Waals surface area contributed by atoms with Crippen LogP contribution in [0.1, 0.15) is 38.5 Å². The summed E-state index contributed by atoms with van der Waals surface area (Å²) in [6, 6.07) is 3.93. The fourth-order valence-electron chi connectivity index (χ4n) is 3.15. The van der Waals surface area contributed by atoms with Gasteiger partial charge in [0.15, 0.2) is 0 Å². The van der Waals surface area contributed by atoms with Gasteiger partial charge in [0.25, 0.3) is 0 Å². The number of nitrogens with zero attached hydrogens (tertiary/aromatic N) is 3. The third-order valence-corrected chi connectivity index (χ3v) is 4.33. The maximum atomic E-state index is 5.97. The lowest BCUT2D eigenvalue weighted by Gasteiger charge is -2.22. The van der Waals surface area contributed by atoms with Crippen LogP contribution < -0.4 is 5.73 Å². The Bertz CT molecular complexity index is 555. The zero-order chi connectivity index (χ0) is 13.8. The number of hydrogen-bond acceptors (Lipinski definition) is 3. The second-order valence-corrected chi connectivity index (χ2v) is 5.70. The zero-order valence-electron chi connectivity index (χ0n) is 11.8. The van der Waals surface area contributed by atoms with Crippen LogP contribution in [0.2, 0.25) is 0 Å². The third kappa shape index (κ3) is 2.84. The lowest BCUT2D eigenvalue weighted by Crippen LogP contribution is -2.10. The molecule has 1 aliphatic carbocycles. The molecule has 2 N–H and O–H groups in total. The van der Waals surface area contributed by atoms with Crippen LogP contribution in [0, 0.1) is 5.92 Å². The summed E-state index contributed by atoms with van der Waals surface area (Å²) in [5.74, 6) is 1.46. The molecule has 0 bridgehead atoms. The molecule has 1 fully saturated rings. The van der Waals surface area contributed by atoms with E-state index in [-0.39, 0.29) is 0 Å². The number of aromatic nitrogens is 3. The van der Waals surface area contributed by atoms with Crippen molar-refractivity contribution in [3.05, 3.63) is 30.9 Å². The highest BCUT2D eigenvalue weighted by molar-refractivity contribution is 5.70. The van der Waals surface area contributed by atoms with Crippen LogP contribution in [0.15, 0.2) is 30.9 Å². The maximum absolute atomic E-state index is 5.97. The molecule has 0 unspecified atom stereocenters. The van der Waals surface area contributed by atoms with E-state index in [4.69, 9.17) is 5.73 Å². The fourth-order valence-corrected chi connectivity index (χ4v) is 3.15. The van der Waals surface area contributed by atoms with Gasteiger partial charge in [-0.1, -0.05) is 32.1 Å². The van der Waals surface area contributed by atoms with Crippen LogP contribution in [-0.4, -0.2) is 14.5 Å². The van der Waals surface area contributed by atoms with Crippen molar-refractivity contribution in [3.8, 4) is 11.3 Å². The van der Waals surface area contributed by atoms with Crippen molar-refractivity contribution in [2.75, 3.05) is 5.73 Å². The fraction of sp³-hybridized carbons (Fsp3) is 0.500. The number of rotatable bonds is 4. The maximum Gasteiger partial charge on any atom is 0.132 e. The highest BCUT2D eigenvalue weighted by Crippen LogP contribution is 2.28. The van der Waals surface area contributed by atoms with Gasteiger partial charge in [0.1, 0.15) is 5.82 Å². The van der Waals surface area contributed by atoms with Crippen molar-refractivity contribution in [2.24, 2.45) is 5.92 Å². The number of anilines is 1. The van der Waals surface area contributed by atoms with E-state index >= 15 is 0 Å². The highest BCUT2D eigenvalue weighted by Gasteiger charge is 2.15. The predicted molar refractivity (Wildman–Crippen MR) is 81.1 cm³/mol. The van der Waals surface area contributed by atoms with E-state index in [2.05, 4.69) is 14.5 Å². The molecule has 0 aromatic carbocycles. The number of hydrogen-bond donors (Lipinski definition) is 1. The van der Waals surface area contributed by atoms with E-state index in [0.29, 0.717) is 5.82 Å². The number of nitrogens with two attached hydrogens (primary N) is 1. The van der Waals surface area contributed by atoms with Gasteiger partial charge in [-0.05, 0) is 24.5 Å². The van der Waals surface area contributed by atoms with E-state index in [1.54, 1.807) is 6.20 Å². The first kappa shape index (κ1) is 13.2. The van der Waals surface area contributed by atoms with Crippen LogP contribution in [0.25, 0.3) is 11.3 Å². The number of pyridine rings is 1. The molecule has 2 aromatic heterocycles. The molecule has 3 rings (SSSR count). The van der Waals surface area contributed by atoms with Crippen molar-refractivity contribution in [2.45, 2.75) is 45.1 Å². The zero-order valence-corrected chi connectivity index (χ0v) is 11.8. The summed E-state index contributed by atoms with van der Waals surface area (Å²) in [6.45, 7) is 1.02. The van der Waals surface area contributed by atoms with Gasteiger partial charge in [0.2, 0.25) is 0 Å². The monoisotopic (exact) mass is 270 g/mol. The van der Waals surface area contributed by atoms with E-state index in [9.17, 15) is 0 Å². The average Bonchev–Trinajstić information content (AvgIpc) is 2.95. The van der Waals surface area contributed by atoms with Crippen molar-refractivity contribution in [3.63, 3.8) is 0 Å². The van der Waals surface area contributed by atoms with Gasteiger partial charge in [-0.3, -0.25) is 0 Å². The van der Waals surface area contributed by atoms with E-state index in [1.165, 1.54) is 38.5 Å². The van der Waals surface area contributed by atoms with E-state index < -0.39 is 0 Å². The van der Waals surface area contributed by atoms with Gasteiger partial charge in [0, 0.05) is 18.3 Å². The lowest BCUT2D eigenvalue weighted by molar-refractivity contribution is 0.324. The first-order valence-electron chi connectivity index (χ1n) is 7.55. The van der Waals surface area contributed by atoms with Gasteiger partial charge in [-0.15, -0.1) is 0 Å². The summed E-state index contributed by atoms with van der Waals surface area (Å²) >= 11 is 0. The Hall–Kier alpha value is -1.84. The third-order valence-electron chi connectivity index (χ3n) is 4.33. The van der Waals surface area contributed by atoms with Crippen LogP contribution in [0.5, 0.6) is 0 Å². The molecule has 0 atom stereocenters. The topological polar surface area (TPSA) is 56.7 Å². The summed E-state index contributed by atoms with van der Waals surface area (Å²) in [5, 5.41) is 0. The quantitative estimate of drug-likeness (QED) is 0.925. The number of aryl methyl sites for hydroxylation is 1. The Balaban J connectivity index is 1.72. The first-order valence-corrected chi connectivity index (χ1v) is 7.55. The second kappa shape index (κ2) is 6.07. The molecule has 0 amide bonds. The van der Waals surface area contributed by atoms with Gasteiger partial charge in [-0.25, -0.2) is 9.97 Å². The Kier molecular flexibility index (Phi) is 4.00. The molecule has 0 saturated heterocycles. The molecule has 4 heteroatoms. The van der Waals surface area contributed by atoms with Gasteiger partial charge in [0.05, 0.1) is 18.2 Å². The number of imidazole rings is 1. The minimum Gasteiger partial charge on any atom is -0.383 e. The van der Waals surface area contributed by atoms with Crippen molar-refractivity contribution in [1.82, 2.24) is 14.5 Å². The Morgan fingerprint density at radius 1 is 1.25 bits per heavy atom. The Morgan fingerprint density at radius 3 is 2.90 bits per heavy atom. The van der Waals surface area contributed by atoms with Crippen LogP contribution in [-0.2, 0) is 6.54 Å². The van der Waals surface area contributed by atoms with Gasteiger partial charge >= 0.3 is 0 Å². The molecule has 106 valence electrons. The molecule has 2 heterocycles. The molecule has 1 aliphatic rings. The highest BCUT2D eigenvalue weighted by atomic mass is 15.0. The standard InChI is InChI=1S/C16H22N4/c17-16-14(7-4-9-19-16)15-11-18-12-20(15)10-8-13-5-2-1-3-6-13/h4,7,9,11-13H,1-3,5-6,8,10H2,(H2,17,19). The summed E-state index contributed by atoms with van der Waals surface area (Å²) in [5.41, 5.74) is 8.02. The van der Waals surface area contributed by atoms with Gasteiger partial charge in [-0.2, -0.15) is 0 Å². The minimum absolute atomic E-state index is 0.576.